The summed E-state index contributed by atoms with van der Waals surface area (Å²) in [6.07, 6.45) is -6.83. The minimum atomic E-state index is -1.65. The topological polar surface area (TPSA) is 170 Å². The van der Waals surface area contributed by atoms with Crippen LogP contribution in [0.15, 0.2) is 60.7 Å². The Bertz CT molecular complexity index is 1840. The van der Waals surface area contributed by atoms with Crippen LogP contribution in [-0.2, 0) is 34.0 Å². The van der Waals surface area contributed by atoms with Crippen molar-refractivity contribution in [1.82, 2.24) is 0 Å². The first kappa shape index (κ1) is 30.0. The van der Waals surface area contributed by atoms with Crippen molar-refractivity contribution in [1.29, 1.82) is 0 Å². The van der Waals surface area contributed by atoms with Crippen molar-refractivity contribution >= 4 is 22.7 Å². The first-order chi connectivity index (χ1) is 22.3. The van der Waals surface area contributed by atoms with Crippen LogP contribution in [0.2, 0.25) is 0 Å². The second-order valence-electron chi connectivity index (χ2n) is 11.2. The third-order valence-corrected chi connectivity index (χ3v) is 8.50. The molecule has 0 bridgehead atoms. The number of carbonyl (C=O) groups is 2. The van der Waals surface area contributed by atoms with E-state index in [9.17, 15) is 30.0 Å². The molecule has 238 valence electrons. The molecule has 12 nitrogen and oxygen atoms in total. The number of benzene rings is 4. The molecule has 0 aromatic heterocycles. The summed E-state index contributed by atoms with van der Waals surface area (Å²) in [7, 11) is 0. The maximum Gasteiger partial charge on any atom is 0.339 e. The molecular formula is C34H30O12. The fourth-order valence-electron chi connectivity index (χ4n) is 6.11. The number of aliphatic hydroxyl groups is 4. The summed E-state index contributed by atoms with van der Waals surface area (Å²) >= 11 is 0. The van der Waals surface area contributed by atoms with Gasteiger partial charge in [0.2, 0.25) is 13.1 Å². The number of ether oxygens (including phenoxy) is 6. The number of cyclic esters (lactones) is 1. The lowest BCUT2D eigenvalue weighted by Gasteiger charge is -2.41. The highest BCUT2D eigenvalue weighted by atomic mass is 16.7. The van der Waals surface area contributed by atoms with Crippen LogP contribution < -0.4 is 14.2 Å². The first-order valence-corrected chi connectivity index (χ1v) is 14.7. The summed E-state index contributed by atoms with van der Waals surface area (Å²) < 4.78 is 34.3. The zero-order chi connectivity index (χ0) is 32.1. The Hall–Kier alpha value is -4.72. The average molecular weight is 631 g/mol. The van der Waals surface area contributed by atoms with E-state index in [1.54, 1.807) is 67.6 Å². The van der Waals surface area contributed by atoms with Crippen LogP contribution in [0.25, 0.3) is 21.9 Å². The molecule has 4 aromatic carbocycles. The van der Waals surface area contributed by atoms with Gasteiger partial charge in [-0.3, -0.25) is 0 Å². The number of rotatable bonds is 7. The van der Waals surface area contributed by atoms with Crippen molar-refractivity contribution in [3.8, 4) is 28.4 Å². The summed E-state index contributed by atoms with van der Waals surface area (Å²) in [4.78, 5) is 26.2. The van der Waals surface area contributed by atoms with E-state index in [1.165, 1.54) is 0 Å². The van der Waals surface area contributed by atoms with Crippen LogP contribution in [0.1, 0.15) is 44.3 Å². The summed E-state index contributed by atoms with van der Waals surface area (Å²) in [6.45, 7) is 0.643. The summed E-state index contributed by atoms with van der Waals surface area (Å²) in [5.41, 5.74) is 2.72. The largest absolute Gasteiger partial charge is 0.461 e. The van der Waals surface area contributed by atoms with Crippen molar-refractivity contribution in [2.24, 2.45) is 0 Å². The maximum atomic E-state index is 13.3. The van der Waals surface area contributed by atoms with Crippen LogP contribution in [-0.4, -0.2) is 69.9 Å². The molecule has 1 saturated heterocycles. The van der Waals surface area contributed by atoms with Crippen LogP contribution in [0, 0.1) is 0 Å². The van der Waals surface area contributed by atoms with E-state index >= 15 is 0 Å². The SMILES string of the molecule is C[C@H]1OC(Oc2c3c(c(-c4ccc5c(c4)OCO5)c4cc(CO)c(CO)cc24)C(=O)OC3)[C@H](O)[C@@H](OC(=O)c2ccccc2)[C@@H]1O. The third-order valence-electron chi connectivity index (χ3n) is 8.50. The lowest BCUT2D eigenvalue weighted by molar-refractivity contribution is -0.267. The first-order valence-electron chi connectivity index (χ1n) is 14.7. The molecule has 4 N–H and O–H groups in total. The molecule has 3 heterocycles. The van der Waals surface area contributed by atoms with Gasteiger partial charge in [-0.2, -0.15) is 0 Å². The monoisotopic (exact) mass is 630 g/mol. The molecule has 0 radical (unpaired) electrons. The average Bonchev–Trinajstić information content (AvgIpc) is 3.71. The van der Waals surface area contributed by atoms with Gasteiger partial charge in [0.25, 0.3) is 0 Å². The van der Waals surface area contributed by atoms with E-state index in [2.05, 4.69) is 0 Å². The molecule has 5 atom stereocenters. The van der Waals surface area contributed by atoms with Gasteiger partial charge in [-0.25, -0.2) is 9.59 Å². The summed E-state index contributed by atoms with van der Waals surface area (Å²) in [6, 6.07) is 16.7. The highest BCUT2D eigenvalue weighted by Crippen LogP contribution is 2.48. The second kappa shape index (κ2) is 11.9. The minimum Gasteiger partial charge on any atom is -0.461 e. The molecular weight excluding hydrogens is 600 g/mol. The van der Waals surface area contributed by atoms with E-state index in [-0.39, 0.29) is 30.3 Å². The number of fused-ring (bicyclic) bond motifs is 3. The number of hydrogen-bond acceptors (Lipinski definition) is 12. The van der Waals surface area contributed by atoms with Gasteiger partial charge in [0.15, 0.2) is 23.7 Å². The highest BCUT2D eigenvalue weighted by Gasteiger charge is 2.47. The molecule has 12 heteroatoms. The van der Waals surface area contributed by atoms with Crippen molar-refractivity contribution < 1.29 is 58.4 Å². The van der Waals surface area contributed by atoms with Gasteiger partial charge < -0.3 is 48.8 Å². The molecule has 7 rings (SSSR count). The zero-order valence-electron chi connectivity index (χ0n) is 24.5. The summed E-state index contributed by atoms with van der Waals surface area (Å²) in [5, 5.41) is 43.5. The van der Waals surface area contributed by atoms with Crippen molar-refractivity contribution in [2.45, 2.75) is 57.5 Å². The van der Waals surface area contributed by atoms with E-state index in [0.29, 0.717) is 50.1 Å². The van der Waals surface area contributed by atoms with Crippen LogP contribution >= 0.6 is 0 Å². The van der Waals surface area contributed by atoms with E-state index in [1.807, 2.05) is 0 Å². The quantitative estimate of drug-likeness (QED) is 0.221. The Morgan fingerprint density at radius 1 is 0.870 bits per heavy atom. The number of aliphatic hydroxyl groups excluding tert-OH is 4. The van der Waals surface area contributed by atoms with Gasteiger partial charge in [0.05, 0.1) is 30.4 Å². The molecule has 1 unspecified atom stereocenters. The van der Waals surface area contributed by atoms with Crippen LogP contribution in [0.4, 0.5) is 0 Å². The lowest BCUT2D eigenvalue weighted by atomic mass is 9.87. The molecule has 1 fully saturated rings. The van der Waals surface area contributed by atoms with E-state index in [0.717, 1.165) is 0 Å². The predicted molar refractivity (Wildman–Crippen MR) is 159 cm³/mol. The molecule has 0 aliphatic carbocycles. The standard InChI is InChI=1S/C34H30O12/c1-16-28(37)31(45-32(39)17-5-3-2-4-6-17)29(38)34(44-16)46-30-22-10-20(13-36)19(12-35)9-21(22)26(27-23(30)14-41-33(27)40)18-7-8-24-25(11-18)43-15-42-24/h2-11,16,28-29,31,34-38H,12-15H2,1H3/t16-,28-,29-,31+,34?/m1/s1. The lowest BCUT2D eigenvalue weighted by Crippen LogP contribution is -2.59. The Morgan fingerprint density at radius 3 is 2.33 bits per heavy atom. The fourth-order valence-corrected chi connectivity index (χ4v) is 6.11. The minimum absolute atomic E-state index is 0.0550. The highest BCUT2D eigenvalue weighted by molar-refractivity contribution is 6.13. The fraction of sp³-hybridized carbons (Fsp3) is 0.294. The molecule has 0 saturated carbocycles. The maximum absolute atomic E-state index is 13.3. The molecule has 3 aliphatic heterocycles. The van der Waals surface area contributed by atoms with Gasteiger partial charge in [-0.05, 0) is 65.4 Å². The number of hydrogen-bond donors (Lipinski definition) is 4. The van der Waals surface area contributed by atoms with E-state index in [4.69, 9.17) is 28.4 Å². The van der Waals surface area contributed by atoms with E-state index < -0.39 is 55.9 Å². The zero-order valence-corrected chi connectivity index (χ0v) is 24.5. The van der Waals surface area contributed by atoms with Gasteiger partial charge in [-0.1, -0.05) is 24.3 Å². The van der Waals surface area contributed by atoms with Crippen molar-refractivity contribution in [3.63, 3.8) is 0 Å². The van der Waals surface area contributed by atoms with Gasteiger partial charge in [-0.15, -0.1) is 0 Å². The number of esters is 2. The van der Waals surface area contributed by atoms with Crippen LogP contribution in [0.5, 0.6) is 17.2 Å². The normalized spacial score (nSPS) is 23.2. The summed E-state index contributed by atoms with van der Waals surface area (Å²) in [5.74, 6) is -0.204. The Labute approximate surface area is 262 Å². The Morgan fingerprint density at radius 2 is 1.59 bits per heavy atom. The van der Waals surface area contributed by atoms with Gasteiger partial charge in [0, 0.05) is 16.5 Å². The third kappa shape index (κ3) is 5.00. The van der Waals surface area contributed by atoms with Gasteiger partial charge >= 0.3 is 11.9 Å². The van der Waals surface area contributed by atoms with Crippen molar-refractivity contribution in [2.75, 3.05) is 6.79 Å². The number of carbonyl (C=O) groups excluding carboxylic acids is 2. The molecule has 3 aliphatic rings. The smallest absolute Gasteiger partial charge is 0.339 e. The Kier molecular flexibility index (Phi) is 7.75. The molecule has 4 aromatic rings. The van der Waals surface area contributed by atoms with Gasteiger partial charge in [0.1, 0.15) is 18.5 Å². The van der Waals surface area contributed by atoms with Crippen molar-refractivity contribution in [3.05, 3.63) is 88.5 Å². The molecule has 46 heavy (non-hydrogen) atoms. The molecule has 0 spiro atoms. The predicted octanol–water partition coefficient (Wildman–Crippen LogP) is 2.96. The van der Waals surface area contributed by atoms with Crippen LogP contribution in [0.3, 0.4) is 0 Å². The second-order valence-corrected chi connectivity index (χ2v) is 11.2. The Balaban J connectivity index is 1.35. The molecule has 0 amide bonds.